The van der Waals surface area contributed by atoms with Gasteiger partial charge in [-0.25, -0.2) is 0 Å². The van der Waals surface area contributed by atoms with Crippen molar-refractivity contribution in [3.8, 4) is 17.2 Å². The maximum Gasteiger partial charge on any atom is 0.203 e. The van der Waals surface area contributed by atoms with Crippen LogP contribution in [0, 0.1) is 0 Å². The van der Waals surface area contributed by atoms with E-state index in [4.69, 9.17) is 9.47 Å². The number of hydrogen-bond donors (Lipinski definition) is 1. The van der Waals surface area contributed by atoms with E-state index < -0.39 is 0 Å². The molecule has 1 rings (SSSR count). The molecule has 0 fully saturated rings. The molecule has 1 N–H and O–H groups in total. The molecule has 0 aromatic heterocycles. The standard InChI is InChI=1S/C11H14O3/c1-4-5-8-6-9(12)11(14-3)10(7-8)13-2/h4,6-7,12H,1,5H2,2-3H3. The van der Waals surface area contributed by atoms with Crippen LogP contribution in [0.5, 0.6) is 17.2 Å². The van der Waals surface area contributed by atoms with Crippen LogP contribution >= 0.6 is 0 Å². The van der Waals surface area contributed by atoms with Crippen LogP contribution in [0.15, 0.2) is 24.8 Å². The Labute approximate surface area is 83.6 Å². The molecule has 14 heavy (non-hydrogen) atoms. The predicted octanol–water partition coefficient (Wildman–Crippen LogP) is 2.14. The molecule has 0 heterocycles. The maximum absolute atomic E-state index is 9.59. The quantitative estimate of drug-likeness (QED) is 0.746. The lowest BCUT2D eigenvalue weighted by molar-refractivity contribution is 0.332. The monoisotopic (exact) mass is 194 g/mol. The molecule has 0 saturated heterocycles. The maximum atomic E-state index is 9.59. The van der Waals surface area contributed by atoms with Crippen molar-refractivity contribution in [3.63, 3.8) is 0 Å². The molecule has 0 aliphatic rings. The first-order chi connectivity index (χ1) is 6.72. The molecule has 1 aromatic rings. The highest BCUT2D eigenvalue weighted by Gasteiger charge is 2.10. The van der Waals surface area contributed by atoms with Crippen LogP contribution in [0.3, 0.4) is 0 Å². The van der Waals surface area contributed by atoms with E-state index in [1.54, 1.807) is 12.1 Å². The summed E-state index contributed by atoms with van der Waals surface area (Å²) >= 11 is 0. The van der Waals surface area contributed by atoms with Crippen LogP contribution in [-0.2, 0) is 6.42 Å². The second-order valence-corrected chi connectivity index (χ2v) is 2.84. The first kappa shape index (κ1) is 10.4. The zero-order valence-electron chi connectivity index (χ0n) is 8.41. The van der Waals surface area contributed by atoms with E-state index >= 15 is 0 Å². The number of hydrogen-bond acceptors (Lipinski definition) is 3. The number of aromatic hydroxyl groups is 1. The minimum absolute atomic E-state index is 0.0868. The molecule has 0 aliphatic carbocycles. The molecule has 0 atom stereocenters. The second-order valence-electron chi connectivity index (χ2n) is 2.84. The molecule has 0 unspecified atom stereocenters. The Morgan fingerprint density at radius 1 is 1.36 bits per heavy atom. The molecule has 3 nitrogen and oxygen atoms in total. The predicted molar refractivity (Wildman–Crippen MR) is 55.1 cm³/mol. The fourth-order valence-corrected chi connectivity index (χ4v) is 1.28. The molecular formula is C11H14O3. The van der Waals surface area contributed by atoms with Gasteiger partial charge >= 0.3 is 0 Å². The first-order valence-corrected chi connectivity index (χ1v) is 4.27. The van der Waals surface area contributed by atoms with Gasteiger partial charge in [0.05, 0.1) is 14.2 Å². The van der Waals surface area contributed by atoms with Crippen molar-refractivity contribution in [3.05, 3.63) is 30.4 Å². The van der Waals surface area contributed by atoms with Crippen LogP contribution in [-0.4, -0.2) is 19.3 Å². The molecule has 0 spiro atoms. The van der Waals surface area contributed by atoms with Crippen molar-refractivity contribution in [1.82, 2.24) is 0 Å². The van der Waals surface area contributed by atoms with E-state index in [-0.39, 0.29) is 5.75 Å². The SMILES string of the molecule is C=CCc1cc(O)c(OC)c(OC)c1. The summed E-state index contributed by atoms with van der Waals surface area (Å²) in [4.78, 5) is 0. The lowest BCUT2D eigenvalue weighted by atomic mass is 10.1. The van der Waals surface area contributed by atoms with Crippen molar-refractivity contribution in [2.24, 2.45) is 0 Å². The Hall–Kier alpha value is -1.64. The Balaban J connectivity index is 3.16. The van der Waals surface area contributed by atoms with E-state index in [2.05, 4.69) is 6.58 Å². The van der Waals surface area contributed by atoms with Crippen LogP contribution in [0.2, 0.25) is 0 Å². The first-order valence-electron chi connectivity index (χ1n) is 4.27. The Bertz CT molecular complexity index is 332. The molecule has 76 valence electrons. The highest BCUT2D eigenvalue weighted by molar-refractivity contribution is 5.53. The topological polar surface area (TPSA) is 38.7 Å². The van der Waals surface area contributed by atoms with Crippen LogP contribution in [0.25, 0.3) is 0 Å². The fraction of sp³-hybridized carbons (Fsp3) is 0.273. The summed E-state index contributed by atoms with van der Waals surface area (Å²) in [5.74, 6) is 0.980. The Kier molecular flexibility index (Phi) is 3.40. The highest BCUT2D eigenvalue weighted by Crippen LogP contribution is 2.37. The molecule has 0 radical (unpaired) electrons. The minimum Gasteiger partial charge on any atom is -0.504 e. The van der Waals surface area contributed by atoms with Gasteiger partial charge in [0.25, 0.3) is 0 Å². The third-order valence-corrected chi connectivity index (χ3v) is 1.90. The van der Waals surface area contributed by atoms with E-state index in [1.165, 1.54) is 14.2 Å². The molecule has 0 aliphatic heterocycles. The lowest BCUT2D eigenvalue weighted by Gasteiger charge is -2.10. The summed E-state index contributed by atoms with van der Waals surface area (Å²) in [6, 6.07) is 3.46. The van der Waals surface area contributed by atoms with Gasteiger partial charge in [-0.2, -0.15) is 0 Å². The van der Waals surface area contributed by atoms with Gasteiger partial charge < -0.3 is 14.6 Å². The number of phenols is 1. The van der Waals surface area contributed by atoms with Gasteiger partial charge in [-0.3, -0.25) is 0 Å². The third-order valence-electron chi connectivity index (χ3n) is 1.90. The number of phenolic OH excluding ortho intramolecular Hbond substituents is 1. The summed E-state index contributed by atoms with van der Waals surface area (Å²) < 4.78 is 10.1. The summed E-state index contributed by atoms with van der Waals surface area (Å²) in [6.45, 7) is 3.63. The fourth-order valence-electron chi connectivity index (χ4n) is 1.28. The van der Waals surface area contributed by atoms with Gasteiger partial charge in [0, 0.05) is 0 Å². The van der Waals surface area contributed by atoms with Crippen LogP contribution in [0.4, 0.5) is 0 Å². The molecule has 0 bridgehead atoms. The normalized spacial score (nSPS) is 9.57. The number of allylic oxidation sites excluding steroid dienone is 1. The van der Waals surface area contributed by atoms with Gasteiger partial charge in [0.15, 0.2) is 11.5 Å². The van der Waals surface area contributed by atoms with E-state index in [0.29, 0.717) is 17.9 Å². The molecule has 3 heteroatoms. The molecule has 1 aromatic carbocycles. The number of ether oxygens (including phenoxy) is 2. The van der Waals surface area contributed by atoms with Gasteiger partial charge in [-0.1, -0.05) is 6.08 Å². The minimum atomic E-state index is 0.0868. The van der Waals surface area contributed by atoms with Crippen molar-refractivity contribution in [2.75, 3.05) is 14.2 Å². The van der Waals surface area contributed by atoms with Crippen molar-refractivity contribution < 1.29 is 14.6 Å². The summed E-state index contributed by atoms with van der Waals surface area (Å²) in [5, 5.41) is 9.59. The van der Waals surface area contributed by atoms with E-state index in [0.717, 1.165) is 5.56 Å². The number of rotatable bonds is 4. The van der Waals surface area contributed by atoms with Gasteiger partial charge in [0.2, 0.25) is 5.75 Å². The smallest absolute Gasteiger partial charge is 0.203 e. The summed E-state index contributed by atoms with van der Waals surface area (Å²) in [6.07, 6.45) is 2.45. The Morgan fingerprint density at radius 2 is 2.07 bits per heavy atom. The van der Waals surface area contributed by atoms with Gasteiger partial charge in [-0.15, -0.1) is 6.58 Å². The molecule has 0 saturated carbocycles. The number of methoxy groups -OCH3 is 2. The largest absolute Gasteiger partial charge is 0.504 e. The van der Waals surface area contributed by atoms with E-state index in [1.807, 2.05) is 6.07 Å². The van der Waals surface area contributed by atoms with Gasteiger partial charge in [-0.05, 0) is 24.1 Å². The Morgan fingerprint density at radius 3 is 2.57 bits per heavy atom. The van der Waals surface area contributed by atoms with Crippen LogP contribution in [0.1, 0.15) is 5.56 Å². The molecular weight excluding hydrogens is 180 g/mol. The second kappa shape index (κ2) is 4.56. The van der Waals surface area contributed by atoms with Gasteiger partial charge in [0.1, 0.15) is 0 Å². The van der Waals surface area contributed by atoms with E-state index in [9.17, 15) is 5.11 Å². The van der Waals surface area contributed by atoms with Crippen molar-refractivity contribution in [1.29, 1.82) is 0 Å². The lowest BCUT2D eigenvalue weighted by Crippen LogP contribution is -1.93. The third kappa shape index (κ3) is 1.99. The highest BCUT2D eigenvalue weighted by atomic mass is 16.5. The van der Waals surface area contributed by atoms with Crippen LogP contribution < -0.4 is 9.47 Å². The zero-order chi connectivity index (χ0) is 10.6. The summed E-state index contributed by atoms with van der Waals surface area (Å²) in [5.41, 5.74) is 0.940. The average molecular weight is 194 g/mol. The molecule has 0 amide bonds. The van der Waals surface area contributed by atoms with Crippen molar-refractivity contribution >= 4 is 0 Å². The summed E-state index contributed by atoms with van der Waals surface area (Å²) in [7, 11) is 3.03. The number of benzene rings is 1. The zero-order valence-corrected chi connectivity index (χ0v) is 8.41. The van der Waals surface area contributed by atoms with Crippen molar-refractivity contribution in [2.45, 2.75) is 6.42 Å². The average Bonchev–Trinajstić information content (AvgIpc) is 2.17.